The maximum atomic E-state index is 6.29. The van der Waals surface area contributed by atoms with Crippen molar-refractivity contribution in [3.8, 4) is 11.4 Å². The molecule has 0 unspecified atom stereocenters. The number of aromatic nitrogens is 6. The van der Waals surface area contributed by atoms with Gasteiger partial charge in [0.2, 0.25) is 0 Å². The monoisotopic (exact) mass is 502 g/mol. The van der Waals surface area contributed by atoms with Crippen LogP contribution in [0.15, 0.2) is 115 Å². The summed E-state index contributed by atoms with van der Waals surface area (Å²) in [5.41, 5.74) is 8.18. The Morgan fingerprint density at radius 2 is 0.769 bits per heavy atom. The Morgan fingerprint density at radius 1 is 0.410 bits per heavy atom. The maximum Gasteiger partial charge on any atom is 0.135 e. The van der Waals surface area contributed by atoms with Crippen molar-refractivity contribution >= 4 is 65.6 Å². The second-order valence-electron chi connectivity index (χ2n) is 9.71. The molecule has 7 aromatic heterocycles. The van der Waals surface area contributed by atoms with Gasteiger partial charge in [-0.15, -0.1) is 0 Å². The fourth-order valence-electron chi connectivity index (χ4n) is 6.01. The highest BCUT2D eigenvalue weighted by molar-refractivity contribution is 6.11. The summed E-state index contributed by atoms with van der Waals surface area (Å²) in [6.07, 6.45) is 15.0. The Labute approximate surface area is 220 Å². The molecule has 0 atom stereocenters. The number of hydrogen-bond acceptors (Lipinski definition) is 5. The van der Waals surface area contributed by atoms with Gasteiger partial charge in [0.1, 0.15) is 11.2 Å². The van der Waals surface area contributed by atoms with Crippen LogP contribution in [0.5, 0.6) is 0 Å². The number of hydrogen-bond donors (Lipinski definition) is 0. The largest absolute Gasteiger partial charge is 0.456 e. The number of furan rings is 1. The second kappa shape index (κ2) is 7.49. The molecule has 0 saturated carbocycles. The van der Waals surface area contributed by atoms with Gasteiger partial charge in [-0.25, -0.2) is 0 Å². The van der Waals surface area contributed by atoms with E-state index in [9.17, 15) is 0 Å². The Morgan fingerprint density at radius 3 is 1.13 bits per heavy atom. The lowest BCUT2D eigenvalue weighted by molar-refractivity contribution is 0.669. The lowest BCUT2D eigenvalue weighted by atomic mass is 10.1. The maximum absolute atomic E-state index is 6.29. The number of rotatable bonds is 2. The molecule has 182 valence electrons. The molecule has 0 aliphatic carbocycles. The highest BCUT2D eigenvalue weighted by Gasteiger charge is 2.17. The molecule has 2 aromatic carbocycles. The van der Waals surface area contributed by atoms with Crippen LogP contribution in [0.25, 0.3) is 76.9 Å². The normalized spacial score (nSPS) is 12.1. The molecule has 9 rings (SSSR count). The molecule has 39 heavy (non-hydrogen) atoms. The molecule has 7 heteroatoms. The molecule has 0 aliphatic heterocycles. The molecule has 0 fully saturated rings. The minimum absolute atomic E-state index is 0.852. The molecular weight excluding hydrogens is 484 g/mol. The zero-order valence-corrected chi connectivity index (χ0v) is 20.5. The second-order valence-corrected chi connectivity index (χ2v) is 9.71. The van der Waals surface area contributed by atoms with Gasteiger partial charge in [-0.1, -0.05) is 0 Å². The fraction of sp³-hybridized carbons (Fsp3) is 0. The Balaban J connectivity index is 1.32. The lowest BCUT2D eigenvalue weighted by Gasteiger charge is -2.08. The number of benzene rings is 2. The van der Waals surface area contributed by atoms with E-state index in [1.54, 1.807) is 0 Å². The summed E-state index contributed by atoms with van der Waals surface area (Å²) in [5.74, 6) is 0. The molecular formula is C32H18N6O. The van der Waals surface area contributed by atoms with Crippen LogP contribution in [0.2, 0.25) is 0 Å². The summed E-state index contributed by atoms with van der Waals surface area (Å²) in [7, 11) is 0. The van der Waals surface area contributed by atoms with Gasteiger partial charge in [0, 0.05) is 93.3 Å². The van der Waals surface area contributed by atoms with Crippen LogP contribution in [0.4, 0.5) is 0 Å². The summed E-state index contributed by atoms with van der Waals surface area (Å²) in [5, 5.41) is 6.44. The Hall–Kier alpha value is -5.56. The van der Waals surface area contributed by atoms with Crippen molar-refractivity contribution in [2.45, 2.75) is 0 Å². The number of fused-ring (bicyclic) bond motifs is 9. The van der Waals surface area contributed by atoms with Crippen molar-refractivity contribution in [2.75, 3.05) is 0 Å². The lowest BCUT2D eigenvalue weighted by Crippen LogP contribution is -1.94. The van der Waals surface area contributed by atoms with Gasteiger partial charge >= 0.3 is 0 Å². The van der Waals surface area contributed by atoms with Crippen molar-refractivity contribution in [3.05, 3.63) is 110 Å². The Bertz CT molecular complexity index is 2140. The van der Waals surface area contributed by atoms with Crippen LogP contribution < -0.4 is 0 Å². The molecule has 0 N–H and O–H groups in total. The molecule has 7 heterocycles. The van der Waals surface area contributed by atoms with Crippen molar-refractivity contribution in [3.63, 3.8) is 0 Å². The van der Waals surface area contributed by atoms with Gasteiger partial charge in [0.15, 0.2) is 0 Å². The van der Waals surface area contributed by atoms with Crippen LogP contribution >= 0.6 is 0 Å². The third kappa shape index (κ3) is 2.76. The van der Waals surface area contributed by atoms with Gasteiger partial charge in [0.05, 0.1) is 22.1 Å². The summed E-state index contributed by atoms with van der Waals surface area (Å²) < 4.78 is 10.8. The SMILES string of the molecule is c1cc2c(cn1)c1cnccc1n2-c1ccc2oc3ccc(-n4c5ccncc5c5cnccc54)cc3c2c1. The van der Waals surface area contributed by atoms with Gasteiger partial charge in [-0.05, 0) is 60.7 Å². The highest BCUT2D eigenvalue weighted by atomic mass is 16.3. The van der Waals surface area contributed by atoms with Crippen LogP contribution in [0.3, 0.4) is 0 Å². The van der Waals surface area contributed by atoms with Crippen LogP contribution in [-0.2, 0) is 0 Å². The van der Waals surface area contributed by atoms with E-state index in [1.165, 1.54) is 0 Å². The first-order valence-electron chi connectivity index (χ1n) is 12.7. The minimum atomic E-state index is 0.852. The summed E-state index contributed by atoms with van der Waals surface area (Å²) in [6, 6.07) is 21.0. The van der Waals surface area contributed by atoms with Crippen LogP contribution in [0.1, 0.15) is 0 Å². The van der Waals surface area contributed by atoms with E-state index in [2.05, 4.69) is 89.7 Å². The number of nitrogens with zero attached hydrogens (tertiary/aromatic N) is 6. The predicted octanol–water partition coefficient (Wildman–Crippen LogP) is 7.36. The van der Waals surface area contributed by atoms with Crippen molar-refractivity contribution in [1.82, 2.24) is 29.1 Å². The van der Waals surface area contributed by atoms with E-state index in [-0.39, 0.29) is 0 Å². The molecule has 0 spiro atoms. The molecule has 0 bridgehead atoms. The van der Waals surface area contributed by atoms with E-state index < -0.39 is 0 Å². The predicted molar refractivity (Wildman–Crippen MR) is 154 cm³/mol. The van der Waals surface area contributed by atoms with E-state index in [1.807, 2.05) is 49.6 Å². The van der Waals surface area contributed by atoms with E-state index in [0.717, 1.165) is 76.9 Å². The first kappa shape index (κ1) is 20.5. The Kier molecular flexibility index (Phi) is 3.93. The van der Waals surface area contributed by atoms with Crippen molar-refractivity contribution in [1.29, 1.82) is 0 Å². The number of pyridine rings is 4. The molecule has 0 radical (unpaired) electrons. The third-order valence-corrected chi connectivity index (χ3v) is 7.69. The van der Waals surface area contributed by atoms with E-state index in [0.29, 0.717) is 0 Å². The topological polar surface area (TPSA) is 74.6 Å². The van der Waals surface area contributed by atoms with Crippen LogP contribution in [0, 0.1) is 0 Å². The average Bonchev–Trinajstić information content (AvgIpc) is 3.64. The molecule has 0 saturated heterocycles. The standard InChI is InChI=1S/C32H18N6O/c1-3-31-21(13-19(1)37-27-5-9-33-15-23(27)24-16-34-10-6-28(24)37)22-14-20(2-4-32(22)39-31)38-29-7-11-35-17-25(29)26-18-36-12-8-30(26)38/h1-18H. The van der Waals surface area contributed by atoms with Gasteiger partial charge < -0.3 is 13.6 Å². The fourth-order valence-corrected chi connectivity index (χ4v) is 6.01. The van der Waals surface area contributed by atoms with Crippen LogP contribution in [-0.4, -0.2) is 29.1 Å². The molecule has 0 amide bonds. The van der Waals surface area contributed by atoms with Gasteiger partial charge in [0.25, 0.3) is 0 Å². The van der Waals surface area contributed by atoms with E-state index >= 15 is 0 Å². The summed E-state index contributed by atoms with van der Waals surface area (Å²) in [6.45, 7) is 0. The zero-order valence-electron chi connectivity index (χ0n) is 20.5. The quantitative estimate of drug-likeness (QED) is 0.247. The van der Waals surface area contributed by atoms with E-state index in [4.69, 9.17) is 4.42 Å². The first-order chi connectivity index (χ1) is 19.3. The molecule has 0 aliphatic rings. The van der Waals surface area contributed by atoms with Gasteiger partial charge in [-0.2, -0.15) is 0 Å². The molecule has 7 nitrogen and oxygen atoms in total. The highest BCUT2D eigenvalue weighted by Crippen LogP contribution is 2.37. The smallest absolute Gasteiger partial charge is 0.135 e. The van der Waals surface area contributed by atoms with Crippen molar-refractivity contribution in [2.24, 2.45) is 0 Å². The first-order valence-corrected chi connectivity index (χ1v) is 12.7. The average molecular weight is 503 g/mol. The summed E-state index contributed by atoms with van der Waals surface area (Å²) in [4.78, 5) is 17.5. The van der Waals surface area contributed by atoms with Gasteiger partial charge in [-0.3, -0.25) is 19.9 Å². The summed E-state index contributed by atoms with van der Waals surface area (Å²) >= 11 is 0. The minimum Gasteiger partial charge on any atom is -0.456 e. The molecule has 9 aromatic rings. The zero-order chi connectivity index (χ0) is 25.5. The third-order valence-electron chi connectivity index (χ3n) is 7.69. The van der Waals surface area contributed by atoms with Crippen molar-refractivity contribution < 1.29 is 4.42 Å².